The van der Waals surface area contributed by atoms with Crippen LogP contribution in [0.1, 0.15) is 80.4 Å². The topological polar surface area (TPSA) is 101 Å². The fourth-order valence-electron chi connectivity index (χ4n) is 9.36. The zero-order valence-electron chi connectivity index (χ0n) is 31.3. The largest absolute Gasteiger partial charge is 0.497 e. The Kier molecular flexibility index (Phi) is 12.3. The fraction of sp³-hybridized carbons (Fsp3) is 0.650. The number of anilines is 1. The maximum atomic E-state index is 15.3. The van der Waals surface area contributed by atoms with Crippen LogP contribution in [0.25, 0.3) is 0 Å². The van der Waals surface area contributed by atoms with Crippen LogP contribution in [-0.2, 0) is 30.0 Å². The number of nitrogens with zero attached hydrogens (tertiary/aromatic N) is 3. The number of carboxylic acid groups (broad SMARTS) is 1. The molecule has 3 aliphatic heterocycles. The lowest BCUT2D eigenvalue weighted by atomic mass is 9.83. The van der Waals surface area contributed by atoms with Crippen molar-refractivity contribution in [2.75, 3.05) is 72.2 Å². The maximum Gasteiger partial charge on any atom is 0.416 e. The normalized spacial score (nSPS) is 28.8. The van der Waals surface area contributed by atoms with E-state index in [0.29, 0.717) is 63.5 Å². The first-order chi connectivity index (χ1) is 25.4. The van der Waals surface area contributed by atoms with Gasteiger partial charge in [0.05, 0.1) is 37.3 Å². The molecule has 1 saturated carbocycles. The van der Waals surface area contributed by atoms with Crippen LogP contribution in [-0.4, -0.2) is 118 Å². The zero-order valence-corrected chi connectivity index (χ0v) is 31.3. The Labute approximate surface area is 310 Å². The van der Waals surface area contributed by atoms with Gasteiger partial charge in [0.25, 0.3) is 5.91 Å². The van der Waals surface area contributed by atoms with Gasteiger partial charge in [-0.15, -0.1) is 0 Å². The number of rotatable bonds is 12. The van der Waals surface area contributed by atoms with Gasteiger partial charge in [-0.05, 0) is 87.3 Å². The number of hydrogen-bond acceptors (Lipinski definition) is 8. The first-order valence-electron chi connectivity index (χ1n) is 19.0. The molecule has 3 heterocycles. The Morgan fingerprint density at radius 3 is 2.23 bits per heavy atom. The molecule has 3 saturated heterocycles. The van der Waals surface area contributed by atoms with Crippen molar-refractivity contribution in [3.8, 4) is 5.75 Å². The molecule has 1 aliphatic carbocycles. The van der Waals surface area contributed by atoms with Gasteiger partial charge in [-0.25, -0.2) is 0 Å². The molecule has 0 unspecified atom stereocenters. The zero-order chi connectivity index (χ0) is 37.9. The van der Waals surface area contributed by atoms with Crippen LogP contribution in [0.15, 0.2) is 42.5 Å². The van der Waals surface area contributed by atoms with Crippen molar-refractivity contribution in [1.29, 1.82) is 0 Å². The molecule has 53 heavy (non-hydrogen) atoms. The fourth-order valence-corrected chi connectivity index (χ4v) is 9.36. The Morgan fingerprint density at radius 1 is 0.943 bits per heavy atom. The molecule has 0 aromatic heterocycles. The number of carbonyl (C=O) groups excluding carboxylic acids is 1. The number of likely N-dealkylation sites (tertiary alicyclic amines) is 2. The number of carboxylic acids is 1. The van der Waals surface area contributed by atoms with Gasteiger partial charge in [-0.1, -0.05) is 18.2 Å². The molecule has 1 N–H and O–H groups in total. The molecule has 2 aromatic carbocycles. The van der Waals surface area contributed by atoms with Crippen molar-refractivity contribution in [2.24, 2.45) is 5.92 Å². The average molecular weight is 746 g/mol. The summed E-state index contributed by atoms with van der Waals surface area (Å²) >= 11 is 0. The van der Waals surface area contributed by atoms with Crippen molar-refractivity contribution in [2.45, 2.75) is 93.7 Å². The van der Waals surface area contributed by atoms with E-state index in [4.69, 9.17) is 18.9 Å². The summed E-state index contributed by atoms with van der Waals surface area (Å²) in [5, 5.41) is 9.56. The SMILES string of the molecule is CCO[C@H]1CC[C@H](N2C[C@@H](c3ccc(OC)cc3)[C@](OC)(C(=O)N3C[C@H](c4ccc(C(F)(F)F)cc4N4CCC(C(=O)O)CC4)C[C@H]3COC)C2)CC1. The monoisotopic (exact) mass is 745 g/mol. The van der Waals surface area contributed by atoms with Gasteiger partial charge < -0.3 is 33.9 Å². The van der Waals surface area contributed by atoms with Crippen molar-refractivity contribution in [3.05, 3.63) is 59.2 Å². The quantitative estimate of drug-likeness (QED) is 0.273. The first kappa shape index (κ1) is 39.3. The van der Waals surface area contributed by atoms with Crippen LogP contribution >= 0.6 is 0 Å². The van der Waals surface area contributed by atoms with Crippen LogP contribution in [0.4, 0.5) is 18.9 Å². The molecule has 2 aromatic rings. The van der Waals surface area contributed by atoms with Crippen LogP contribution in [0.2, 0.25) is 0 Å². The molecule has 4 fully saturated rings. The average Bonchev–Trinajstić information content (AvgIpc) is 3.77. The van der Waals surface area contributed by atoms with Crippen LogP contribution in [0, 0.1) is 5.92 Å². The van der Waals surface area contributed by atoms with E-state index >= 15 is 4.79 Å². The molecule has 6 rings (SSSR count). The van der Waals surface area contributed by atoms with Crippen molar-refractivity contribution in [1.82, 2.24) is 9.80 Å². The number of piperidine rings is 1. The van der Waals surface area contributed by atoms with Crippen molar-refractivity contribution < 1.29 is 46.8 Å². The molecule has 0 radical (unpaired) electrons. The van der Waals surface area contributed by atoms with E-state index in [1.165, 1.54) is 6.07 Å². The summed E-state index contributed by atoms with van der Waals surface area (Å²) in [6.07, 6.45) is 0.757. The molecular weight excluding hydrogens is 691 g/mol. The van der Waals surface area contributed by atoms with Crippen molar-refractivity contribution >= 4 is 17.6 Å². The number of benzene rings is 2. The minimum Gasteiger partial charge on any atom is -0.497 e. The molecule has 4 atom stereocenters. The number of amides is 1. The van der Waals surface area contributed by atoms with Crippen molar-refractivity contribution in [3.63, 3.8) is 0 Å². The van der Waals surface area contributed by atoms with E-state index in [1.807, 2.05) is 41.0 Å². The third kappa shape index (κ3) is 8.18. The van der Waals surface area contributed by atoms with Crippen LogP contribution in [0.3, 0.4) is 0 Å². The molecular formula is C40H54F3N3O7. The Morgan fingerprint density at radius 2 is 1.64 bits per heavy atom. The van der Waals surface area contributed by atoms with E-state index in [2.05, 4.69) is 4.90 Å². The predicted octanol–water partition coefficient (Wildman–Crippen LogP) is 6.18. The van der Waals surface area contributed by atoms with E-state index in [-0.39, 0.29) is 49.1 Å². The summed E-state index contributed by atoms with van der Waals surface area (Å²) in [6.45, 7) is 4.98. The van der Waals surface area contributed by atoms with Gasteiger partial charge in [-0.3, -0.25) is 14.5 Å². The Hall–Kier alpha value is -3.39. The van der Waals surface area contributed by atoms with E-state index in [0.717, 1.165) is 42.9 Å². The van der Waals surface area contributed by atoms with Gasteiger partial charge in [0.15, 0.2) is 5.60 Å². The number of ether oxygens (including phenoxy) is 4. The summed E-state index contributed by atoms with van der Waals surface area (Å²) in [5.74, 6) is -1.39. The highest BCUT2D eigenvalue weighted by molar-refractivity contribution is 5.88. The second kappa shape index (κ2) is 16.5. The number of carbonyl (C=O) groups is 2. The second-order valence-corrected chi connectivity index (χ2v) is 15.1. The Bertz CT molecular complexity index is 1560. The molecule has 0 bridgehead atoms. The summed E-state index contributed by atoms with van der Waals surface area (Å²) in [7, 11) is 4.82. The van der Waals surface area contributed by atoms with Crippen LogP contribution in [0.5, 0.6) is 5.75 Å². The predicted molar refractivity (Wildman–Crippen MR) is 193 cm³/mol. The van der Waals surface area contributed by atoms with E-state index in [1.54, 1.807) is 27.4 Å². The summed E-state index contributed by atoms with van der Waals surface area (Å²) in [6, 6.07) is 11.6. The van der Waals surface area contributed by atoms with Gasteiger partial charge in [-0.2, -0.15) is 13.2 Å². The second-order valence-electron chi connectivity index (χ2n) is 15.1. The number of halogens is 3. The molecule has 13 heteroatoms. The molecule has 292 valence electrons. The highest BCUT2D eigenvalue weighted by Crippen LogP contribution is 2.47. The van der Waals surface area contributed by atoms with Gasteiger partial charge in [0, 0.05) is 77.1 Å². The standard InChI is InChI=1S/C40H54F3N3O7/c1-5-53-33-13-9-30(10-14-33)45-23-35(26-6-11-32(51-3)12-7-26)39(25-45,52-4)38(49)46-22-28(20-31(46)24-50-2)34-15-8-29(40(41,42)43)21-36(34)44-18-16-27(17-19-44)37(47)48/h6-8,11-12,15,21,27-28,30-31,33,35H,5,9-10,13-14,16-20,22-25H2,1-4H3,(H,47,48)/t28-,30-,31+,33-,35+,39+/m1/s1. The smallest absolute Gasteiger partial charge is 0.416 e. The molecule has 10 nitrogen and oxygen atoms in total. The van der Waals surface area contributed by atoms with Gasteiger partial charge in [0.1, 0.15) is 5.75 Å². The molecule has 1 amide bonds. The number of hydrogen-bond donors (Lipinski definition) is 1. The minimum absolute atomic E-state index is 0.147. The highest BCUT2D eigenvalue weighted by atomic mass is 19.4. The number of methoxy groups -OCH3 is 3. The van der Waals surface area contributed by atoms with Gasteiger partial charge >= 0.3 is 12.1 Å². The summed E-state index contributed by atoms with van der Waals surface area (Å²) in [4.78, 5) is 33.1. The minimum atomic E-state index is -4.54. The maximum absolute atomic E-state index is 15.3. The Balaban J connectivity index is 1.32. The van der Waals surface area contributed by atoms with E-state index < -0.39 is 29.2 Å². The molecule has 0 spiro atoms. The number of aliphatic carboxylic acids is 1. The lowest BCUT2D eigenvalue weighted by Crippen LogP contribution is -2.57. The lowest BCUT2D eigenvalue weighted by Gasteiger charge is -2.39. The van der Waals surface area contributed by atoms with Gasteiger partial charge in [0.2, 0.25) is 0 Å². The molecule has 4 aliphatic rings. The number of alkyl halides is 3. The van der Waals surface area contributed by atoms with E-state index in [9.17, 15) is 23.1 Å². The summed E-state index contributed by atoms with van der Waals surface area (Å²) < 4.78 is 65.6. The first-order valence-corrected chi connectivity index (χ1v) is 19.0. The highest BCUT2D eigenvalue weighted by Gasteiger charge is 2.58. The third-order valence-corrected chi connectivity index (χ3v) is 12.2. The summed E-state index contributed by atoms with van der Waals surface area (Å²) in [5.41, 5.74) is 0.179. The third-order valence-electron chi connectivity index (χ3n) is 12.2. The lowest BCUT2D eigenvalue weighted by molar-refractivity contribution is -0.157. The van der Waals surface area contributed by atoms with Crippen LogP contribution < -0.4 is 9.64 Å².